The molecule has 1 aliphatic heterocycles. The average Bonchev–Trinajstić information content (AvgIpc) is 3.08. The second-order valence-corrected chi connectivity index (χ2v) is 11.2. The van der Waals surface area contributed by atoms with E-state index in [1.807, 2.05) is 0 Å². The first kappa shape index (κ1) is 32.1. The van der Waals surface area contributed by atoms with Crippen LogP contribution in [0.3, 0.4) is 0 Å². The molecule has 0 aromatic carbocycles. The fraction of sp³-hybridized carbons (Fsp3) is 0.500. The maximum atomic E-state index is 11.8. The summed E-state index contributed by atoms with van der Waals surface area (Å²) in [5.74, 6) is 0.0201. The van der Waals surface area contributed by atoms with Gasteiger partial charge in [0.05, 0.1) is 6.61 Å². The molecule has 0 saturated carbocycles. The SMILES string of the molecule is Nc1ncnc2c1nc(Br)n2[C@@H]1O[C@H](COP(=O)(O)OP(=O)(O)OP(=O)(O)O)[C@@H](O)[C@H]1O.O.[Na]. The van der Waals surface area contributed by atoms with Crippen molar-refractivity contribution in [3.63, 3.8) is 0 Å². The van der Waals surface area contributed by atoms with E-state index in [1.165, 1.54) is 4.57 Å². The van der Waals surface area contributed by atoms with Crippen LogP contribution in [0, 0.1) is 0 Å². The van der Waals surface area contributed by atoms with Gasteiger partial charge in [-0.05, 0) is 15.9 Å². The van der Waals surface area contributed by atoms with E-state index in [0.29, 0.717) is 0 Å². The second-order valence-electron chi connectivity index (χ2n) is 6.11. The van der Waals surface area contributed by atoms with Crippen LogP contribution in [0.25, 0.3) is 11.2 Å². The van der Waals surface area contributed by atoms with Gasteiger partial charge < -0.3 is 45.7 Å². The number of rotatable bonds is 8. The molecule has 1 fully saturated rings. The molecule has 19 nitrogen and oxygen atoms in total. The van der Waals surface area contributed by atoms with E-state index in [-0.39, 0.29) is 56.7 Å². The van der Waals surface area contributed by atoms with Crippen LogP contribution in [0.2, 0.25) is 0 Å². The van der Waals surface area contributed by atoms with Crippen molar-refractivity contribution in [3.05, 3.63) is 11.1 Å². The molecule has 24 heteroatoms. The van der Waals surface area contributed by atoms with Crippen molar-refractivity contribution in [2.24, 2.45) is 0 Å². The van der Waals surface area contributed by atoms with E-state index in [1.54, 1.807) is 0 Å². The smallest absolute Gasteiger partial charge is 0.412 e. The zero-order valence-electron chi connectivity index (χ0n) is 16.7. The zero-order chi connectivity index (χ0) is 24.1. The zero-order valence-corrected chi connectivity index (χ0v) is 23.0. The predicted molar refractivity (Wildman–Crippen MR) is 113 cm³/mol. The largest absolute Gasteiger partial charge is 0.490 e. The second kappa shape index (κ2) is 11.6. The summed E-state index contributed by atoms with van der Waals surface area (Å²) < 4.78 is 52.2. The van der Waals surface area contributed by atoms with Crippen LogP contribution in [-0.2, 0) is 31.6 Å². The van der Waals surface area contributed by atoms with E-state index >= 15 is 0 Å². The quantitative estimate of drug-likeness (QED) is 0.0939. The first-order valence-electron chi connectivity index (χ1n) is 8.04. The van der Waals surface area contributed by atoms with E-state index < -0.39 is 54.6 Å². The van der Waals surface area contributed by atoms with E-state index in [4.69, 9.17) is 25.2 Å². The number of nitrogens with zero attached hydrogens (tertiary/aromatic N) is 4. The number of aromatic nitrogens is 4. The molecule has 2 aromatic rings. The molecule has 2 unspecified atom stereocenters. The van der Waals surface area contributed by atoms with Gasteiger partial charge in [-0.2, -0.15) is 8.62 Å². The summed E-state index contributed by atoms with van der Waals surface area (Å²) >= 11 is 3.13. The predicted octanol–water partition coefficient (Wildman–Crippen LogP) is -2.07. The van der Waals surface area contributed by atoms with E-state index in [9.17, 15) is 28.8 Å². The molecule has 0 bridgehead atoms. The van der Waals surface area contributed by atoms with Gasteiger partial charge in [0.1, 0.15) is 24.6 Å². The Morgan fingerprint density at radius 1 is 1.09 bits per heavy atom. The Morgan fingerprint density at radius 3 is 2.29 bits per heavy atom. The van der Waals surface area contributed by atoms with E-state index in [0.717, 1.165) is 6.33 Å². The van der Waals surface area contributed by atoms with Crippen molar-refractivity contribution in [2.45, 2.75) is 24.5 Å². The van der Waals surface area contributed by atoms with Gasteiger partial charge in [0, 0.05) is 29.6 Å². The maximum absolute atomic E-state index is 11.8. The van der Waals surface area contributed by atoms with Crippen molar-refractivity contribution >= 4 is 85.9 Å². The summed E-state index contributed by atoms with van der Waals surface area (Å²) in [6.45, 7) is -0.972. The Morgan fingerprint density at radius 2 is 1.71 bits per heavy atom. The standard InChI is InChI=1S/C10H15BrN5O13P3.Na.H2O/c11-10-15-4-7(12)13-2-14-8(4)16(10)9-6(18)5(17)3(27-9)1-26-31(22,23)29-32(24,25)28-30(19,20)21;;/h2-3,5-6,9,17-18H,1H2,(H,22,23)(H,24,25)(H2,12,13,14)(H2,19,20,21);;1H2/t3-,5-,6-,9-;;/m1../s1. The van der Waals surface area contributed by atoms with Gasteiger partial charge in [-0.15, -0.1) is 0 Å². The molecule has 6 atom stereocenters. The first-order chi connectivity index (χ1) is 14.6. The third-order valence-electron chi connectivity index (χ3n) is 3.87. The normalized spacial score (nSPS) is 26.3. The van der Waals surface area contributed by atoms with Gasteiger partial charge in [-0.1, -0.05) is 0 Å². The van der Waals surface area contributed by atoms with Crippen LogP contribution in [0.4, 0.5) is 5.82 Å². The molecule has 0 amide bonds. The number of halogens is 1. The number of aliphatic hydroxyl groups is 2. The maximum Gasteiger partial charge on any atom is 0.490 e. The van der Waals surface area contributed by atoms with Crippen LogP contribution in [0.5, 0.6) is 0 Å². The van der Waals surface area contributed by atoms with Gasteiger partial charge in [0.15, 0.2) is 27.9 Å². The van der Waals surface area contributed by atoms with E-state index in [2.05, 4.69) is 44.0 Å². The summed E-state index contributed by atoms with van der Waals surface area (Å²) in [6.07, 6.45) is -5.03. The van der Waals surface area contributed by atoms with Crippen molar-refractivity contribution in [3.8, 4) is 0 Å². The van der Waals surface area contributed by atoms with Gasteiger partial charge >= 0.3 is 23.5 Å². The molecule has 189 valence electrons. The minimum Gasteiger partial charge on any atom is -0.412 e. The van der Waals surface area contributed by atoms with Crippen molar-refractivity contribution in [1.82, 2.24) is 19.5 Å². The molecule has 10 N–H and O–H groups in total. The molecule has 0 spiro atoms. The van der Waals surface area contributed by atoms with Crippen molar-refractivity contribution in [1.29, 1.82) is 0 Å². The summed E-state index contributed by atoms with van der Waals surface area (Å²) in [5, 5.41) is 20.6. The summed E-state index contributed by atoms with van der Waals surface area (Å²) in [5.41, 5.74) is 5.99. The molecular formula is C10H17BrN5NaO14P3. The fourth-order valence-corrected chi connectivity index (χ4v) is 6.25. The van der Waals surface area contributed by atoms with Gasteiger partial charge in [0.25, 0.3) is 0 Å². The average molecular weight is 627 g/mol. The summed E-state index contributed by atoms with van der Waals surface area (Å²) in [4.78, 5) is 47.5. The van der Waals surface area contributed by atoms with Crippen molar-refractivity contribution < 1.29 is 66.8 Å². The molecular weight excluding hydrogens is 610 g/mol. The Labute approximate surface area is 219 Å². The molecule has 0 aliphatic carbocycles. The number of hydrogen-bond donors (Lipinski definition) is 7. The molecule has 3 heterocycles. The Kier molecular flexibility index (Phi) is 11.0. The first-order valence-corrected chi connectivity index (χ1v) is 13.4. The summed E-state index contributed by atoms with van der Waals surface area (Å²) in [7, 11) is -16.7. The summed E-state index contributed by atoms with van der Waals surface area (Å²) in [6, 6.07) is 0. The van der Waals surface area contributed by atoms with Gasteiger partial charge in [0.2, 0.25) is 0 Å². The number of ether oxygens (including phenoxy) is 1. The minimum absolute atomic E-state index is 0. The third-order valence-corrected chi connectivity index (χ3v) is 8.23. The number of anilines is 1. The molecule has 34 heavy (non-hydrogen) atoms. The minimum atomic E-state index is -5.71. The number of phosphoric ester groups is 1. The number of phosphoric acid groups is 3. The number of hydrogen-bond acceptors (Lipinski definition) is 13. The molecule has 2 aromatic heterocycles. The number of aliphatic hydroxyl groups excluding tert-OH is 2. The Hall–Kier alpha value is 0.0800. The van der Waals surface area contributed by atoms with Crippen LogP contribution in [0.1, 0.15) is 6.23 Å². The molecule has 3 rings (SSSR count). The van der Waals surface area contributed by atoms with Crippen LogP contribution < -0.4 is 5.73 Å². The number of imidazole rings is 1. The van der Waals surface area contributed by atoms with Crippen molar-refractivity contribution in [2.75, 3.05) is 12.3 Å². The molecule has 1 radical (unpaired) electrons. The topological polar surface area (TPSA) is 311 Å². The monoisotopic (exact) mass is 626 g/mol. The number of fused-ring (bicyclic) bond motifs is 1. The van der Waals surface area contributed by atoms with Crippen LogP contribution in [-0.4, -0.2) is 109 Å². The van der Waals surface area contributed by atoms with Gasteiger partial charge in [-0.3, -0.25) is 9.09 Å². The van der Waals surface area contributed by atoms with Crippen LogP contribution >= 0.6 is 39.4 Å². The third kappa shape index (κ3) is 7.55. The Balaban J connectivity index is 0.00000289. The molecule has 1 saturated heterocycles. The fourth-order valence-electron chi connectivity index (χ4n) is 2.68. The van der Waals surface area contributed by atoms with Crippen LogP contribution in [0.15, 0.2) is 11.1 Å². The Bertz CT molecular complexity index is 1160. The number of nitrogens with two attached hydrogens (primary N) is 1. The van der Waals surface area contributed by atoms with Gasteiger partial charge in [-0.25, -0.2) is 28.6 Å². The molecule has 1 aliphatic rings. The number of nitrogen functional groups attached to an aromatic ring is 1.